The van der Waals surface area contributed by atoms with Crippen LogP contribution in [-0.4, -0.2) is 51.2 Å². The summed E-state index contributed by atoms with van der Waals surface area (Å²) in [5.41, 5.74) is 4.55. The van der Waals surface area contributed by atoms with Gasteiger partial charge in [-0.05, 0) is 59.7 Å². The number of amidine groups is 1. The second-order valence-corrected chi connectivity index (χ2v) is 12.2. The predicted molar refractivity (Wildman–Crippen MR) is 167 cm³/mol. The first-order valence-electron chi connectivity index (χ1n) is 14.2. The summed E-state index contributed by atoms with van der Waals surface area (Å²) in [5.74, 6) is 1.06. The number of hydrogen-bond acceptors (Lipinski definition) is 5. The lowest BCUT2D eigenvalue weighted by Gasteiger charge is -2.25. The zero-order chi connectivity index (χ0) is 31.3. The van der Waals surface area contributed by atoms with Crippen LogP contribution >= 0.6 is 11.8 Å². The Balaban J connectivity index is 1.16. The average Bonchev–Trinajstić information content (AvgIpc) is 3.66. The Morgan fingerprint density at radius 3 is 2.48 bits per heavy atom. The van der Waals surface area contributed by atoms with Gasteiger partial charge in [0.1, 0.15) is 12.1 Å². The molecule has 0 saturated carbocycles. The highest BCUT2D eigenvalue weighted by atomic mass is 32.2. The van der Waals surface area contributed by atoms with Crippen LogP contribution in [-0.2, 0) is 12.8 Å². The van der Waals surface area contributed by atoms with E-state index in [9.17, 15) is 18.0 Å². The summed E-state index contributed by atoms with van der Waals surface area (Å²) in [6.45, 7) is 7.59. The fourth-order valence-corrected chi connectivity index (χ4v) is 5.89. The first kappa shape index (κ1) is 31.1. The van der Waals surface area contributed by atoms with Gasteiger partial charge < -0.3 is 15.0 Å². The highest BCUT2D eigenvalue weighted by Crippen LogP contribution is 2.29. The lowest BCUT2D eigenvalue weighted by atomic mass is 9.85. The van der Waals surface area contributed by atoms with Gasteiger partial charge in [0.25, 0.3) is 0 Å². The monoisotopic (exact) mass is 622 g/mol. The van der Waals surface area contributed by atoms with Gasteiger partial charge in [0.2, 0.25) is 0 Å². The van der Waals surface area contributed by atoms with Gasteiger partial charge in [0.05, 0.1) is 5.69 Å². The molecular formula is C32H33F3N6O2S. The van der Waals surface area contributed by atoms with Crippen molar-refractivity contribution in [2.24, 2.45) is 10.4 Å². The maximum atomic E-state index is 12.8. The smallest absolute Gasteiger partial charge is 0.406 e. The Morgan fingerprint density at radius 2 is 1.77 bits per heavy atom. The Hall–Kier alpha value is -4.32. The fraction of sp³-hybridized carbons (Fsp3) is 0.312. The number of carbonyl (C=O) groups is 1. The van der Waals surface area contributed by atoms with Gasteiger partial charge >= 0.3 is 12.4 Å². The highest BCUT2D eigenvalue weighted by molar-refractivity contribution is 8.14. The number of nitrogens with one attached hydrogen (secondary N) is 1. The number of carbonyl (C=O) groups excluding carboxylic acids is 1. The van der Waals surface area contributed by atoms with E-state index < -0.39 is 6.36 Å². The minimum atomic E-state index is -4.75. The summed E-state index contributed by atoms with van der Waals surface area (Å²) in [6, 6.07) is 21.1. The third-order valence-corrected chi connectivity index (χ3v) is 8.03. The number of hydrogen-bond donors (Lipinski definition) is 1. The summed E-state index contributed by atoms with van der Waals surface area (Å²) in [6.07, 6.45) is -1.61. The van der Waals surface area contributed by atoms with Crippen LogP contribution in [0.3, 0.4) is 0 Å². The Labute approximate surface area is 258 Å². The van der Waals surface area contributed by atoms with Gasteiger partial charge in [-0.25, -0.2) is 14.5 Å². The van der Waals surface area contributed by atoms with Crippen molar-refractivity contribution >= 4 is 28.6 Å². The second-order valence-electron chi connectivity index (χ2n) is 11.1. The van der Waals surface area contributed by atoms with Crippen molar-refractivity contribution in [2.45, 2.75) is 40.0 Å². The summed E-state index contributed by atoms with van der Waals surface area (Å²) in [7, 11) is 0. The standard InChI is InChI=1S/C32H33F3N6O2S/c1-4-23-7-5-6-8-27(23)40-17-18-44-30(40)38-29(42)36-20-31(2,3)19-22-9-11-24(12-10-22)28-37-21-41(39-28)25-13-15-26(16-14-25)43-32(33,34)35/h5-16,21H,4,17-20H2,1-3H3,(H,36,42). The molecule has 1 aliphatic heterocycles. The minimum Gasteiger partial charge on any atom is -0.406 e. The summed E-state index contributed by atoms with van der Waals surface area (Å²) >= 11 is 1.59. The van der Waals surface area contributed by atoms with Crippen LogP contribution < -0.4 is 15.0 Å². The maximum absolute atomic E-state index is 12.8. The van der Waals surface area contributed by atoms with Crippen LogP contribution in [0.5, 0.6) is 5.75 Å². The van der Waals surface area contributed by atoms with E-state index in [1.165, 1.54) is 40.8 Å². The van der Waals surface area contributed by atoms with Crippen molar-refractivity contribution in [3.8, 4) is 22.8 Å². The molecule has 0 spiro atoms. The van der Waals surface area contributed by atoms with E-state index in [1.807, 2.05) is 36.4 Å². The van der Waals surface area contributed by atoms with E-state index in [1.54, 1.807) is 11.8 Å². The number of aromatic nitrogens is 3. The number of anilines is 1. The molecule has 0 unspecified atom stereocenters. The van der Waals surface area contributed by atoms with Crippen molar-refractivity contribution in [1.29, 1.82) is 0 Å². The third-order valence-electron chi connectivity index (χ3n) is 7.08. The normalized spacial score (nSPS) is 14.7. The number of para-hydroxylation sites is 1. The number of benzene rings is 3. The zero-order valence-corrected chi connectivity index (χ0v) is 25.5. The molecule has 3 aromatic carbocycles. The molecule has 2 heterocycles. The van der Waals surface area contributed by atoms with Crippen LogP contribution in [0, 0.1) is 5.41 Å². The molecule has 0 radical (unpaired) electrons. The average molecular weight is 623 g/mol. The van der Waals surface area contributed by atoms with Crippen LogP contribution in [0.1, 0.15) is 31.9 Å². The maximum Gasteiger partial charge on any atom is 0.573 e. The molecule has 4 aromatic rings. The fourth-order valence-electron chi connectivity index (χ4n) is 4.94. The number of nitrogens with zero attached hydrogens (tertiary/aromatic N) is 5. The van der Waals surface area contributed by atoms with E-state index in [-0.39, 0.29) is 17.2 Å². The predicted octanol–water partition coefficient (Wildman–Crippen LogP) is 7.28. The molecular weight excluding hydrogens is 589 g/mol. The van der Waals surface area contributed by atoms with Gasteiger partial charge in [0, 0.05) is 30.1 Å². The van der Waals surface area contributed by atoms with Gasteiger partial charge in [-0.15, -0.1) is 18.3 Å². The Bertz CT molecular complexity index is 1620. The molecule has 12 heteroatoms. The van der Waals surface area contributed by atoms with Gasteiger partial charge in [-0.2, -0.15) is 4.99 Å². The van der Waals surface area contributed by atoms with Gasteiger partial charge in [0.15, 0.2) is 11.0 Å². The van der Waals surface area contributed by atoms with Crippen LogP contribution in [0.4, 0.5) is 23.7 Å². The molecule has 5 rings (SSSR count). The zero-order valence-electron chi connectivity index (χ0n) is 24.6. The molecule has 230 valence electrons. The molecule has 0 bridgehead atoms. The number of alkyl halides is 3. The molecule has 1 aromatic heterocycles. The largest absolute Gasteiger partial charge is 0.573 e. The first-order valence-corrected chi connectivity index (χ1v) is 15.2. The molecule has 0 atom stereocenters. The SMILES string of the molecule is CCc1ccccc1N1CCSC1=NC(=O)NCC(C)(C)Cc1ccc(-c2ncn(-c3ccc(OC(F)(F)F)cc3)n2)cc1. The van der Waals surface area contributed by atoms with Crippen molar-refractivity contribution in [3.05, 3.63) is 90.3 Å². The van der Waals surface area contributed by atoms with E-state index in [0.29, 0.717) is 18.1 Å². The quantitative estimate of drug-likeness (QED) is 0.211. The molecule has 1 fully saturated rings. The van der Waals surface area contributed by atoms with E-state index in [2.05, 4.69) is 62.9 Å². The summed E-state index contributed by atoms with van der Waals surface area (Å²) < 4.78 is 42.7. The summed E-state index contributed by atoms with van der Waals surface area (Å²) in [5, 5.41) is 8.17. The molecule has 1 saturated heterocycles. The lowest BCUT2D eigenvalue weighted by molar-refractivity contribution is -0.274. The number of aryl methyl sites for hydroxylation is 1. The Kier molecular flexibility index (Phi) is 9.28. The number of rotatable bonds is 9. The number of urea groups is 1. The molecule has 1 aliphatic rings. The van der Waals surface area contributed by atoms with E-state index in [4.69, 9.17) is 0 Å². The first-order chi connectivity index (χ1) is 21.0. The highest BCUT2D eigenvalue weighted by Gasteiger charge is 2.31. The molecule has 1 N–H and O–H groups in total. The Morgan fingerprint density at radius 1 is 1.05 bits per heavy atom. The van der Waals surface area contributed by atoms with E-state index in [0.717, 1.165) is 47.1 Å². The van der Waals surface area contributed by atoms with Crippen molar-refractivity contribution in [2.75, 3.05) is 23.7 Å². The van der Waals surface area contributed by atoms with Crippen molar-refractivity contribution in [1.82, 2.24) is 20.1 Å². The lowest BCUT2D eigenvalue weighted by Crippen LogP contribution is -2.35. The molecule has 2 amide bonds. The van der Waals surface area contributed by atoms with Crippen molar-refractivity contribution in [3.63, 3.8) is 0 Å². The topological polar surface area (TPSA) is 84.6 Å². The molecule has 44 heavy (non-hydrogen) atoms. The third kappa shape index (κ3) is 7.98. The summed E-state index contributed by atoms with van der Waals surface area (Å²) in [4.78, 5) is 23.7. The number of amides is 2. The van der Waals surface area contributed by atoms with Crippen molar-refractivity contribution < 1.29 is 22.7 Å². The number of ether oxygens (including phenoxy) is 1. The molecule has 0 aliphatic carbocycles. The second kappa shape index (κ2) is 13.1. The van der Waals surface area contributed by atoms with Crippen LogP contribution in [0.15, 0.2) is 84.1 Å². The number of aliphatic imine (C=N–C) groups is 1. The number of halogens is 3. The van der Waals surface area contributed by atoms with Gasteiger partial charge in [-0.1, -0.05) is 75.0 Å². The minimum absolute atomic E-state index is 0.226. The van der Waals surface area contributed by atoms with Crippen LogP contribution in [0.25, 0.3) is 17.1 Å². The molecule has 8 nitrogen and oxygen atoms in total. The van der Waals surface area contributed by atoms with E-state index >= 15 is 0 Å². The van der Waals surface area contributed by atoms with Gasteiger partial charge in [-0.3, -0.25) is 0 Å². The number of thioether (sulfide) groups is 1. The van der Waals surface area contributed by atoms with Crippen LogP contribution in [0.2, 0.25) is 0 Å².